The second-order valence-corrected chi connectivity index (χ2v) is 10.4. The molecule has 168 valence electrons. The van der Waals surface area contributed by atoms with Gasteiger partial charge in [0.2, 0.25) is 15.9 Å². The van der Waals surface area contributed by atoms with Crippen LogP contribution in [0.1, 0.15) is 36.4 Å². The molecule has 3 aromatic rings. The second-order valence-electron chi connectivity index (χ2n) is 8.60. The average Bonchev–Trinajstić information content (AvgIpc) is 3.36. The summed E-state index contributed by atoms with van der Waals surface area (Å²) in [6, 6.07) is 9.30. The number of oxazole rings is 1. The van der Waals surface area contributed by atoms with Gasteiger partial charge in [0, 0.05) is 22.7 Å². The molecule has 1 saturated carbocycles. The van der Waals surface area contributed by atoms with Crippen molar-refractivity contribution >= 4 is 10.0 Å². The zero-order valence-electron chi connectivity index (χ0n) is 17.4. The van der Waals surface area contributed by atoms with Gasteiger partial charge in [-0.1, -0.05) is 18.2 Å². The smallest absolute Gasteiger partial charge is 0.208 e. The van der Waals surface area contributed by atoms with Crippen molar-refractivity contribution in [3.63, 3.8) is 0 Å². The summed E-state index contributed by atoms with van der Waals surface area (Å²) in [6.45, 7) is 0.122. The molecule has 2 atom stereocenters. The standard InChI is InChI=1S/C23H22F2N2O4S/c1-32(28,29)27-14-8-9-23(10-14)11-18-19(24)7-6-17(21(18)25)16-4-2-3-5-20(16)30-12-15-13-31-22(23)26-15/h2-7,13-14,27H,8-12H2,1H3/t14-,23-/m0/s1. The largest absolute Gasteiger partial charge is 0.487 e. The van der Waals surface area contributed by atoms with Crippen molar-refractivity contribution in [2.45, 2.75) is 43.7 Å². The Labute approximate surface area is 184 Å². The monoisotopic (exact) mass is 460 g/mol. The van der Waals surface area contributed by atoms with E-state index in [1.165, 1.54) is 18.4 Å². The number of halogens is 2. The van der Waals surface area contributed by atoms with E-state index >= 15 is 4.39 Å². The zero-order valence-corrected chi connectivity index (χ0v) is 18.2. The third-order valence-corrected chi connectivity index (χ3v) is 7.01. The molecule has 32 heavy (non-hydrogen) atoms. The number of para-hydroxylation sites is 1. The molecule has 0 saturated heterocycles. The van der Waals surface area contributed by atoms with E-state index in [1.807, 2.05) is 0 Å². The van der Waals surface area contributed by atoms with Crippen LogP contribution in [0.3, 0.4) is 0 Å². The first-order chi connectivity index (χ1) is 15.2. The Hall–Kier alpha value is -2.78. The lowest BCUT2D eigenvalue weighted by Gasteiger charge is -2.27. The molecule has 2 aromatic carbocycles. The Morgan fingerprint density at radius 1 is 1.16 bits per heavy atom. The van der Waals surface area contributed by atoms with Gasteiger partial charge in [0.05, 0.1) is 11.7 Å². The molecular weight excluding hydrogens is 438 g/mol. The van der Waals surface area contributed by atoms with Gasteiger partial charge >= 0.3 is 0 Å². The minimum Gasteiger partial charge on any atom is -0.487 e. The number of ether oxygens (including phenoxy) is 1. The van der Waals surface area contributed by atoms with E-state index in [0.717, 1.165) is 6.26 Å². The molecular formula is C23H22F2N2O4S. The van der Waals surface area contributed by atoms with Crippen LogP contribution in [-0.4, -0.2) is 25.7 Å². The van der Waals surface area contributed by atoms with E-state index < -0.39 is 27.1 Å². The number of aromatic nitrogens is 1. The van der Waals surface area contributed by atoms with E-state index in [4.69, 9.17) is 9.15 Å². The molecule has 2 aliphatic rings. The summed E-state index contributed by atoms with van der Waals surface area (Å²) in [7, 11) is -3.43. The highest BCUT2D eigenvalue weighted by Gasteiger charge is 2.46. The van der Waals surface area contributed by atoms with Gasteiger partial charge in [-0.25, -0.2) is 26.9 Å². The predicted molar refractivity (Wildman–Crippen MR) is 114 cm³/mol. The molecule has 0 amide bonds. The molecule has 1 aliphatic carbocycles. The Kier molecular flexibility index (Phi) is 5.05. The van der Waals surface area contributed by atoms with Crippen molar-refractivity contribution in [2.75, 3.05) is 6.26 Å². The maximum Gasteiger partial charge on any atom is 0.208 e. The third kappa shape index (κ3) is 3.80. The number of benzene rings is 2. The normalized spacial score (nSPS) is 22.7. The molecule has 4 bridgehead atoms. The minimum atomic E-state index is -3.43. The number of nitrogens with one attached hydrogen (secondary N) is 1. The van der Waals surface area contributed by atoms with Crippen LogP contribution in [0.25, 0.3) is 11.1 Å². The van der Waals surface area contributed by atoms with Crippen LogP contribution >= 0.6 is 0 Å². The van der Waals surface area contributed by atoms with E-state index in [1.54, 1.807) is 24.3 Å². The molecule has 1 N–H and O–H groups in total. The van der Waals surface area contributed by atoms with E-state index in [9.17, 15) is 12.8 Å². The van der Waals surface area contributed by atoms with Gasteiger partial charge in [-0.3, -0.25) is 0 Å². The third-order valence-electron chi connectivity index (χ3n) is 6.25. The molecule has 1 aromatic heterocycles. The predicted octanol–water partition coefficient (Wildman–Crippen LogP) is 4.09. The quantitative estimate of drug-likeness (QED) is 0.623. The molecule has 1 fully saturated rings. The maximum absolute atomic E-state index is 15.7. The van der Waals surface area contributed by atoms with Gasteiger partial charge in [-0.15, -0.1) is 0 Å². The maximum atomic E-state index is 15.7. The first kappa shape index (κ1) is 21.1. The first-order valence-electron chi connectivity index (χ1n) is 10.4. The van der Waals surface area contributed by atoms with Gasteiger partial charge < -0.3 is 9.15 Å². The molecule has 5 rings (SSSR count). The molecule has 2 heterocycles. The summed E-state index contributed by atoms with van der Waals surface area (Å²) in [4.78, 5) is 4.57. The van der Waals surface area contributed by atoms with Gasteiger partial charge in [0.15, 0.2) is 0 Å². The number of nitrogens with zero attached hydrogens (tertiary/aromatic N) is 1. The van der Waals surface area contributed by atoms with E-state index in [0.29, 0.717) is 42.2 Å². The summed E-state index contributed by atoms with van der Waals surface area (Å²) >= 11 is 0. The number of sulfonamides is 1. The van der Waals surface area contributed by atoms with Crippen molar-refractivity contribution in [1.82, 2.24) is 9.71 Å². The van der Waals surface area contributed by atoms with Crippen LogP contribution in [-0.2, 0) is 28.5 Å². The number of rotatable bonds is 2. The van der Waals surface area contributed by atoms with Crippen LogP contribution < -0.4 is 9.46 Å². The molecule has 1 aliphatic heterocycles. The lowest BCUT2D eigenvalue weighted by Crippen LogP contribution is -2.35. The number of hydrogen-bond donors (Lipinski definition) is 1. The van der Waals surface area contributed by atoms with Crippen LogP contribution in [0.4, 0.5) is 8.78 Å². The number of hydrogen-bond acceptors (Lipinski definition) is 5. The van der Waals surface area contributed by atoms with E-state index in [-0.39, 0.29) is 30.2 Å². The van der Waals surface area contributed by atoms with Crippen LogP contribution in [0.15, 0.2) is 47.1 Å². The highest BCUT2D eigenvalue weighted by atomic mass is 32.2. The summed E-state index contributed by atoms with van der Waals surface area (Å²) in [5.74, 6) is -0.520. The highest BCUT2D eigenvalue weighted by Crippen LogP contribution is 2.46. The number of fused-ring (bicyclic) bond motifs is 7. The molecule has 9 heteroatoms. The lowest BCUT2D eigenvalue weighted by molar-refractivity contribution is 0.301. The van der Waals surface area contributed by atoms with Crippen LogP contribution in [0, 0.1) is 11.6 Å². The summed E-state index contributed by atoms with van der Waals surface area (Å²) < 4.78 is 68.5. The van der Waals surface area contributed by atoms with Crippen LogP contribution in [0.5, 0.6) is 5.75 Å². The van der Waals surface area contributed by atoms with Gasteiger partial charge in [-0.05, 0) is 43.9 Å². The molecule has 1 spiro atoms. The fourth-order valence-corrected chi connectivity index (χ4v) is 5.66. The van der Waals surface area contributed by atoms with E-state index in [2.05, 4.69) is 9.71 Å². The Bertz CT molecular complexity index is 1290. The minimum absolute atomic E-state index is 0.00340. The fourth-order valence-electron chi connectivity index (χ4n) is 4.85. The van der Waals surface area contributed by atoms with Crippen LogP contribution in [0.2, 0.25) is 0 Å². The lowest BCUT2D eigenvalue weighted by atomic mass is 9.78. The van der Waals surface area contributed by atoms with Crippen molar-refractivity contribution in [2.24, 2.45) is 0 Å². The van der Waals surface area contributed by atoms with Crippen molar-refractivity contribution in [3.8, 4) is 16.9 Å². The second kappa shape index (κ2) is 7.67. The highest BCUT2D eigenvalue weighted by molar-refractivity contribution is 7.88. The van der Waals surface area contributed by atoms with Gasteiger partial charge in [0.25, 0.3) is 0 Å². The Morgan fingerprint density at radius 3 is 2.78 bits per heavy atom. The zero-order chi connectivity index (χ0) is 22.5. The molecule has 0 unspecified atom stereocenters. The first-order valence-corrected chi connectivity index (χ1v) is 12.2. The van der Waals surface area contributed by atoms with Crippen molar-refractivity contribution in [1.29, 1.82) is 0 Å². The van der Waals surface area contributed by atoms with Gasteiger partial charge in [0.1, 0.15) is 35.9 Å². The summed E-state index contributed by atoms with van der Waals surface area (Å²) in [6.07, 6.45) is 3.88. The van der Waals surface area contributed by atoms with Crippen molar-refractivity contribution < 1.29 is 26.4 Å². The Balaban J connectivity index is 1.66. The van der Waals surface area contributed by atoms with Crippen molar-refractivity contribution in [3.05, 3.63) is 71.4 Å². The SMILES string of the molecule is CS(=O)(=O)N[C@H]1CC[C@@]2(Cc3c(F)ccc(c3F)-c3ccccc3OCc3coc2n3)C1. The average molecular weight is 461 g/mol. The van der Waals surface area contributed by atoms with Gasteiger partial charge in [-0.2, -0.15) is 0 Å². The molecule has 0 radical (unpaired) electrons. The topological polar surface area (TPSA) is 81.4 Å². The Morgan fingerprint density at radius 2 is 1.97 bits per heavy atom. The fraction of sp³-hybridized carbons (Fsp3) is 0.348. The molecule has 6 nitrogen and oxygen atoms in total. The summed E-state index contributed by atoms with van der Waals surface area (Å²) in [5.41, 5.74) is 0.407. The summed E-state index contributed by atoms with van der Waals surface area (Å²) in [5, 5.41) is 0.